The van der Waals surface area contributed by atoms with Gasteiger partial charge < -0.3 is 10.2 Å². The number of nitrogens with one attached hydrogen (secondary N) is 1. The molecule has 0 atom stereocenters. The highest BCUT2D eigenvalue weighted by molar-refractivity contribution is 6.29. The van der Waals surface area contributed by atoms with Gasteiger partial charge in [-0.25, -0.2) is 9.97 Å². The molecule has 1 N–H and O–H groups in total. The number of hydrogen-bond acceptors (Lipinski definition) is 4. The molecule has 0 spiro atoms. The molecule has 0 fully saturated rings. The fraction of sp³-hybridized carbons (Fsp3) is 0.733. The molecule has 0 aliphatic heterocycles. The fourth-order valence-corrected chi connectivity index (χ4v) is 1.83. The van der Waals surface area contributed by atoms with Gasteiger partial charge in [-0.2, -0.15) is 0 Å². The zero-order chi connectivity index (χ0) is 15.3. The molecule has 0 saturated heterocycles. The van der Waals surface area contributed by atoms with Gasteiger partial charge in [-0.05, 0) is 33.9 Å². The van der Waals surface area contributed by atoms with Crippen LogP contribution in [0.1, 0.15) is 46.9 Å². The standard InChI is InChI=1S/C15H27ClN4/c1-11(2)20(6)9-7-8-17-13-10-12(16)18-14(19-13)15(3,4)5/h10-11H,7-9H2,1-6H3,(H,17,18,19). The summed E-state index contributed by atoms with van der Waals surface area (Å²) in [6, 6.07) is 2.36. The molecular formula is C15H27ClN4. The van der Waals surface area contributed by atoms with Crippen molar-refractivity contribution in [2.24, 2.45) is 0 Å². The van der Waals surface area contributed by atoms with Crippen molar-refractivity contribution >= 4 is 17.4 Å². The molecule has 1 heterocycles. The van der Waals surface area contributed by atoms with Crippen molar-refractivity contribution in [1.82, 2.24) is 14.9 Å². The summed E-state index contributed by atoms with van der Waals surface area (Å²) >= 11 is 6.06. The third-order valence-corrected chi connectivity index (χ3v) is 3.43. The number of hydrogen-bond donors (Lipinski definition) is 1. The van der Waals surface area contributed by atoms with Crippen LogP contribution in [-0.2, 0) is 5.41 Å². The van der Waals surface area contributed by atoms with Crippen LogP contribution in [0.3, 0.4) is 0 Å². The maximum absolute atomic E-state index is 6.06. The highest BCUT2D eigenvalue weighted by atomic mass is 35.5. The fourth-order valence-electron chi connectivity index (χ4n) is 1.65. The van der Waals surface area contributed by atoms with Crippen molar-refractivity contribution < 1.29 is 0 Å². The molecule has 0 saturated carbocycles. The molecule has 4 nitrogen and oxygen atoms in total. The molecular weight excluding hydrogens is 272 g/mol. The zero-order valence-electron chi connectivity index (χ0n) is 13.5. The average molecular weight is 299 g/mol. The Morgan fingerprint density at radius 3 is 2.50 bits per heavy atom. The van der Waals surface area contributed by atoms with E-state index in [9.17, 15) is 0 Å². The van der Waals surface area contributed by atoms with Crippen LogP contribution in [0.4, 0.5) is 5.82 Å². The Balaban J connectivity index is 2.54. The summed E-state index contributed by atoms with van der Waals surface area (Å²) in [5, 5.41) is 3.82. The van der Waals surface area contributed by atoms with Gasteiger partial charge in [0.15, 0.2) is 0 Å². The molecule has 1 aromatic heterocycles. The largest absolute Gasteiger partial charge is 0.370 e. The van der Waals surface area contributed by atoms with Crippen LogP contribution in [0.15, 0.2) is 6.07 Å². The number of halogens is 1. The van der Waals surface area contributed by atoms with Gasteiger partial charge in [0.05, 0.1) is 0 Å². The van der Waals surface area contributed by atoms with E-state index in [-0.39, 0.29) is 5.41 Å². The molecule has 0 amide bonds. The Bertz CT molecular complexity index is 426. The monoisotopic (exact) mass is 298 g/mol. The van der Waals surface area contributed by atoms with E-state index >= 15 is 0 Å². The van der Waals surface area contributed by atoms with Crippen LogP contribution in [0.25, 0.3) is 0 Å². The molecule has 5 heteroatoms. The van der Waals surface area contributed by atoms with Gasteiger partial charge in [0.1, 0.15) is 16.8 Å². The van der Waals surface area contributed by atoms with Gasteiger partial charge in [-0.1, -0.05) is 32.4 Å². The van der Waals surface area contributed by atoms with Gasteiger partial charge >= 0.3 is 0 Å². The first-order chi connectivity index (χ1) is 9.20. The van der Waals surface area contributed by atoms with E-state index in [2.05, 4.69) is 61.9 Å². The molecule has 20 heavy (non-hydrogen) atoms. The lowest BCUT2D eigenvalue weighted by atomic mass is 9.96. The summed E-state index contributed by atoms with van der Waals surface area (Å²) in [4.78, 5) is 11.2. The summed E-state index contributed by atoms with van der Waals surface area (Å²) in [6.07, 6.45) is 1.07. The molecule has 114 valence electrons. The summed E-state index contributed by atoms with van der Waals surface area (Å²) in [7, 11) is 2.14. The van der Waals surface area contributed by atoms with Crippen molar-refractivity contribution in [3.63, 3.8) is 0 Å². The SMILES string of the molecule is CC(C)N(C)CCCNc1cc(Cl)nc(C(C)(C)C)n1. The Morgan fingerprint density at radius 2 is 1.95 bits per heavy atom. The predicted octanol–water partition coefficient (Wildman–Crippen LogP) is 3.57. The molecule has 0 radical (unpaired) electrons. The van der Waals surface area contributed by atoms with Gasteiger partial charge in [0, 0.05) is 24.1 Å². The maximum atomic E-state index is 6.06. The second-order valence-corrected chi connectivity index (χ2v) is 6.89. The highest BCUT2D eigenvalue weighted by Gasteiger charge is 2.18. The Labute approximate surface area is 127 Å². The lowest BCUT2D eigenvalue weighted by molar-refractivity contribution is 0.273. The summed E-state index contributed by atoms with van der Waals surface area (Å²) in [5.41, 5.74) is -0.0980. The Morgan fingerprint density at radius 1 is 1.30 bits per heavy atom. The Hall–Kier alpha value is -0.870. The van der Waals surface area contributed by atoms with Gasteiger partial charge in [0.25, 0.3) is 0 Å². The molecule has 0 aliphatic rings. The average Bonchev–Trinajstić information content (AvgIpc) is 2.32. The van der Waals surface area contributed by atoms with E-state index in [0.717, 1.165) is 31.2 Å². The minimum absolute atomic E-state index is 0.0980. The van der Waals surface area contributed by atoms with Crippen LogP contribution in [0.2, 0.25) is 5.15 Å². The minimum Gasteiger partial charge on any atom is -0.370 e. The highest BCUT2D eigenvalue weighted by Crippen LogP contribution is 2.22. The summed E-state index contributed by atoms with van der Waals surface area (Å²) in [5.74, 6) is 1.58. The van der Waals surface area contributed by atoms with Crippen LogP contribution in [0.5, 0.6) is 0 Å². The van der Waals surface area contributed by atoms with Crippen molar-refractivity contribution in [3.05, 3.63) is 17.0 Å². The van der Waals surface area contributed by atoms with E-state index in [1.807, 2.05) is 0 Å². The lowest BCUT2D eigenvalue weighted by Gasteiger charge is -2.21. The second kappa shape index (κ2) is 7.23. The normalized spacial score (nSPS) is 12.2. The zero-order valence-corrected chi connectivity index (χ0v) is 14.3. The van der Waals surface area contributed by atoms with Gasteiger partial charge in [-0.15, -0.1) is 0 Å². The Kier molecular flexibility index (Phi) is 6.21. The van der Waals surface area contributed by atoms with E-state index < -0.39 is 0 Å². The number of nitrogens with zero attached hydrogens (tertiary/aromatic N) is 3. The molecule has 1 rings (SSSR count). The third kappa shape index (κ3) is 5.63. The predicted molar refractivity (Wildman–Crippen MR) is 86.6 cm³/mol. The first-order valence-electron chi connectivity index (χ1n) is 7.19. The van der Waals surface area contributed by atoms with E-state index in [0.29, 0.717) is 11.2 Å². The molecule has 0 aliphatic carbocycles. The van der Waals surface area contributed by atoms with Crippen LogP contribution >= 0.6 is 11.6 Å². The minimum atomic E-state index is -0.0980. The molecule has 0 bridgehead atoms. The second-order valence-electron chi connectivity index (χ2n) is 6.50. The van der Waals surface area contributed by atoms with Gasteiger partial charge in [0.2, 0.25) is 0 Å². The first-order valence-corrected chi connectivity index (χ1v) is 7.57. The summed E-state index contributed by atoms with van der Waals surface area (Å²) in [6.45, 7) is 12.6. The van der Waals surface area contributed by atoms with Crippen molar-refractivity contribution in [1.29, 1.82) is 0 Å². The number of aromatic nitrogens is 2. The smallest absolute Gasteiger partial charge is 0.137 e. The topological polar surface area (TPSA) is 41.0 Å². The quantitative estimate of drug-likeness (QED) is 0.644. The van der Waals surface area contributed by atoms with Crippen LogP contribution in [-0.4, -0.2) is 41.0 Å². The van der Waals surface area contributed by atoms with Gasteiger partial charge in [-0.3, -0.25) is 0 Å². The van der Waals surface area contributed by atoms with Crippen molar-refractivity contribution in [2.75, 3.05) is 25.5 Å². The number of rotatable bonds is 6. The summed E-state index contributed by atoms with van der Waals surface area (Å²) < 4.78 is 0. The lowest BCUT2D eigenvalue weighted by Crippen LogP contribution is -2.28. The van der Waals surface area contributed by atoms with E-state index in [1.165, 1.54) is 0 Å². The number of anilines is 1. The van der Waals surface area contributed by atoms with E-state index in [1.54, 1.807) is 6.07 Å². The molecule has 0 unspecified atom stereocenters. The molecule has 0 aromatic carbocycles. The van der Waals surface area contributed by atoms with Crippen LogP contribution < -0.4 is 5.32 Å². The van der Waals surface area contributed by atoms with Crippen molar-refractivity contribution in [3.8, 4) is 0 Å². The third-order valence-electron chi connectivity index (χ3n) is 3.24. The molecule has 1 aromatic rings. The van der Waals surface area contributed by atoms with Crippen molar-refractivity contribution in [2.45, 2.75) is 52.5 Å². The maximum Gasteiger partial charge on any atom is 0.137 e. The van der Waals surface area contributed by atoms with Crippen LogP contribution in [0, 0.1) is 0 Å². The van der Waals surface area contributed by atoms with E-state index in [4.69, 9.17) is 11.6 Å². The first kappa shape index (κ1) is 17.2.